The summed E-state index contributed by atoms with van der Waals surface area (Å²) in [5.74, 6) is 0.0587. The Balaban J connectivity index is 2.34. The van der Waals surface area contributed by atoms with Gasteiger partial charge in [0.25, 0.3) is 0 Å². The lowest BCUT2D eigenvalue weighted by Crippen LogP contribution is -2.06. The molecule has 0 saturated heterocycles. The third-order valence-electron chi connectivity index (χ3n) is 2.95. The number of aryl methyl sites for hydroxylation is 2. The minimum atomic E-state index is -3.25. The smallest absolute Gasteiger partial charge is 0.182 e. The van der Waals surface area contributed by atoms with Crippen LogP contribution in [0.15, 0.2) is 53.4 Å². The molecule has 2 aromatic carbocycles. The predicted molar refractivity (Wildman–Crippen MR) is 73.2 cm³/mol. The predicted octanol–water partition coefficient (Wildman–Crippen LogP) is 3.28. The largest absolute Gasteiger partial charge is 0.223 e. The first-order valence-electron chi connectivity index (χ1n) is 5.83. The Hall–Kier alpha value is -1.61. The van der Waals surface area contributed by atoms with Crippen molar-refractivity contribution in [2.75, 3.05) is 0 Å². The highest BCUT2D eigenvalue weighted by atomic mass is 32.2. The summed E-state index contributed by atoms with van der Waals surface area (Å²) >= 11 is 0. The zero-order chi connectivity index (χ0) is 13.2. The number of sulfone groups is 1. The van der Waals surface area contributed by atoms with Crippen LogP contribution in [0.4, 0.5) is 0 Å². The number of hydrogen-bond acceptors (Lipinski definition) is 2. The van der Waals surface area contributed by atoms with Crippen LogP contribution in [0.5, 0.6) is 0 Å². The van der Waals surface area contributed by atoms with Crippen LogP contribution < -0.4 is 0 Å². The van der Waals surface area contributed by atoms with Gasteiger partial charge in [0.2, 0.25) is 0 Å². The molecule has 0 spiro atoms. The molecule has 0 aliphatic heterocycles. The van der Waals surface area contributed by atoms with Crippen molar-refractivity contribution in [3.05, 3.63) is 65.2 Å². The summed E-state index contributed by atoms with van der Waals surface area (Å²) in [7, 11) is -3.25. The van der Waals surface area contributed by atoms with Crippen molar-refractivity contribution in [2.24, 2.45) is 0 Å². The van der Waals surface area contributed by atoms with Crippen LogP contribution in [0.25, 0.3) is 0 Å². The van der Waals surface area contributed by atoms with E-state index >= 15 is 0 Å². The average Bonchev–Trinajstić information content (AvgIpc) is 2.34. The van der Waals surface area contributed by atoms with Gasteiger partial charge in [-0.1, -0.05) is 42.0 Å². The summed E-state index contributed by atoms with van der Waals surface area (Å²) in [5, 5.41) is 0. The Morgan fingerprint density at radius 2 is 1.61 bits per heavy atom. The molecule has 0 aliphatic rings. The Morgan fingerprint density at radius 3 is 2.22 bits per heavy atom. The van der Waals surface area contributed by atoms with Gasteiger partial charge in [0, 0.05) is 0 Å². The lowest BCUT2D eigenvalue weighted by Gasteiger charge is -2.08. The summed E-state index contributed by atoms with van der Waals surface area (Å²) < 4.78 is 24.5. The molecule has 0 saturated carbocycles. The van der Waals surface area contributed by atoms with Gasteiger partial charge in [-0.2, -0.15) is 0 Å². The maximum atomic E-state index is 12.2. The van der Waals surface area contributed by atoms with E-state index in [1.165, 1.54) is 0 Å². The molecule has 3 heteroatoms. The third-order valence-corrected chi connectivity index (χ3v) is 4.63. The van der Waals surface area contributed by atoms with Crippen molar-refractivity contribution in [3.63, 3.8) is 0 Å². The van der Waals surface area contributed by atoms with E-state index in [1.54, 1.807) is 24.3 Å². The van der Waals surface area contributed by atoms with Crippen molar-refractivity contribution in [1.29, 1.82) is 0 Å². The molecule has 94 valence electrons. The highest BCUT2D eigenvalue weighted by molar-refractivity contribution is 7.90. The number of rotatable bonds is 3. The monoisotopic (exact) mass is 260 g/mol. The second kappa shape index (κ2) is 4.94. The van der Waals surface area contributed by atoms with E-state index in [9.17, 15) is 8.42 Å². The maximum absolute atomic E-state index is 12.2. The first-order valence-corrected chi connectivity index (χ1v) is 7.48. The van der Waals surface area contributed by atoms with Gasteiger partial charge in [-0.15, -0.1) is 0 Å². The normalized spacial score (nSPS) is 11.4. The van der Waals surface area contributed by atoms with E-state index in [0.29, 0.717) is 4.90 Å². The van der Waals surface area contributed by atoms with Crippen LogP contribution in [-0.2, 0) is 15.6 Å². The molecule has 0 N–H and O–H groups in total. The van der Waals surface area contributed by atoms with Crippen LogP contribution in [0, 0.1) is 13.8 Å². The molecule has 0 radical (unpaired) electrons. The van der Waals surface area contributed by atoms with Gasteiger partial charge in [-0.25, -0.2) is 8.42 Å². The van der Waals surface area contributed by atoms with Crippen molar-refractivity contribution >= 4 is 9.84 Å². The van der Waals surface area contributed by atoms with E-state index < -0.39 is 9.84 Å². The van der Waals surface area contributed by atoms with Crippen LogP contribution >= 0.6 is 0 Å². The van der Waals surface area contributed by atoms with Gasteiger partial charge in [0.1, 0.15) is 0 Å². The zero-order valence-electron chi connectivity index (χ0n) is 10.6. The first kappa shape index (κ1) is 12.8. The first-order chi connectivity index (χ1) is 8.49. The molecule has 2 aromatic rings. The molecular formula is C15H16O2S. The van der Waals surface area contributed by atoms with Gasteiger partial charge >= 0.3 is 0 Å². The zero-order valence-corrected chi connectivity index (χ0v) is 11.4. The van der Waals surface area contributed by atoms with Crippen LogP contribution in [0.2, 0.25) is 0 Å². The molecule has 2 nitrogen and oxygen atoms in total. The Kier molecular flexibility index (Phi) is 3.53. The second-order valence-corrected chi connectivity index (χ2v) is 6.49. The molecule has 18 heavy (non-hydrogen) atoms. The molecule has 0 amide bonds. The molecular weight excluding hydrogens is 244 g/mol. The van der Waals surface area contributed by atoms with Gasteiger partial charge in [0.05, 0.1) is 10.6 Å². The topological polar surface area (TPSA) is 34.1 Å². The lowest BCUT2D eigenvalue weighted by atomic mass is 10.1. The van der Waals surface area contributed by atoms with Gasteiger partial charge in [0.15, 0.2) is 9.84 Å². The van der Waals surface area contributed by atoms with Gasteiger partial charge in [-0.05, 0) is 37.1 Å². The molecule has 0 heterocycles. The average molecular weight is 260 g/mol. The van der Waals surface area contributed by atoms with Crippen LogP contribution in [0.3, 0.4) is 0 Å². The Bertz CT molecular complexity index is 643. The Morgan fingerprint density at radius 1 is 0.944 bits per heavy atom. The lowest BCUT2D eigenvalue weighted by molar-refractivity contribution is 0.595. The maximum Gasteiger partial charge on any atom is 0.182 e. The van der Waals surface area contributed by atoms with Gasteiger partial charge in [-0.3, -0.25) is 0 Å². The summed E-state index contributed by atoms with van der Waals surface area (Å²) in [6.07, 6.45) is 0. The van der Waals surface area contributed by atoms with E-state index in [2.05, 4.69) is 0 Å². The van der Waals surface area contributed by atoms with E-state index in [4.69, 9.17) is 0 Å². The third kappa shape index (κ3) is 2.79. The molecule has 0 fully saturated rings. The Labute approximate surface area is 108 Å². The fourth-order valence-electron chi connectivity index (χ4n) is 1.92. The quantitative estimate of drug-likeness (QED) is 0.848. The van der Waals surface area contributed by atoms with Crippen molar-refractivity contribution in [1.82, 2.24) is 0 Å². The molecule has 0 atom stereocenters. The number of hydrogen-bond donors (Lipinski definition) is 0. The highest BCUT2D eigenvalue weighted by Crippen LogP contribution is 2.19. The van der Waals surface area contributed by atoms with E-state index in [-0.39, 0.29) is 5.75 Å². The molecule has 0 bridgehead atoms. The minimum Gasteiger partial charge on any atom is -0.223 e. The van der Waals surface area contributed by atoms with E-state index in [0.717, 1.165) is 16.7 Å². The van der Waals surface area contributed by atoms with Crippen LogP contribution in [-0.4, -0.2) is 8.42 Å². The summed E-state index contributed by atoms with van der Waals surface area (Å²) in [5.41, 5.74) is 3.03. The van der Waals surface area contributed by atoms with Crippen molar-refractivity contribution in [3.8, 4) is 0 Å². The minimum absolute atomic E-state index is 0.0587. The molecule has 2 rings (SSSR count). The molecule has 0 unspecified atom stereocenters. The second-order valence-electron chi connectivity index (χ2n) is 4.50. The molecule has 0 aliphatic carbocycles. The highest BCUT2D eigenvalue weighted by Gasteiger charge is 2.15. The number of benzene rings is 2. The molecule has 0 aromatic heterocycles. The summed E-state index contributed by atoms with van der Waals surface area (Å²) in [4.78, 5) is 0.380. The van der Waals surface area contributed by atoms with Gasteiger partial charge < -0.3 is 0 Å². The van der Waals surface area contributed by atoms with E-state index in [1.807, 2.05) is 38.1 Å². The fourth-order valence-corrected chi connectivity index (χ4v) is 3.40. The summed E-state index contributed by atoms with van der Waals surface area (Å²) in [6.45, 7) is 3.95. The van der Waals surface area contributed by atoms with Crippen molar-refractivity contribution < 1.29 is 8.42 Å². The SMILES string of the molecule is Cc1ccc(CS(=O)(=O)c2ccccc2)c(C)c1. The standard InChI is InChI=1S/C15H16O2S/c1-12-8-9-14(13(2)10-12)11-18(16,17)15-6-4-3-5-7-15/h3-10H,11H2,1-2H3. The summed E-state index contributed by atoms with van der Waals surface area (Å²) in [6, 6.07) is 14.4. The van der Waals surface area contributed by atoms with Crippen molar-refractivity contribution in [2.45, 2.75) is 24.5 Å². The fraction of sp³-hybridized carbons (Fsp3) is 0.200. The van der Waals surface area contributed by atoms with Crippen LogP contribution in [0.1, 0.15) is 16.7 Å².